The van der Waals surface area contributed by atoms with Crippen molar-refractivity contribution < 1.29 is 43.7 Å². The molecular formula is C49H86B2F8N4. The third-order valence-corrected chi connectivity index (χ3v) is 12.0. The van der Waals surface area contributed by atoms with Gasteiger partial charge in [-0.05, 0) is 74.3 Å². The van der Waals surface area contributed by atoms with Gasteiger partial charge in [-0.1, -0.05) is 174 Å². The average molecular weight is 905 g/mol. The first-order chi connectivity index (χ1) is 30.0. The molecule has 0 radical (unpaired) electrons. The molecule has 2 aromatic heterocycles. The van der Waals surface area contributed by atoms with Crippen LogP contribution in [-0.2, 0) is 26.2 Å². The molecule has 0 unspecified atom stereocenters. The molecule has 4 nitrogen and oxygen atoms in total. The van der Waals surface area contributed by atoms with E-state index in [9.17, 15) is 34.5 Å². The molecule has 0 fully saturated rings. The van der Waals surface area contributed by atoms with Gasteiger partial charge in [0.05, 0.1) is 13.1 Å². The fraction of sp³-hybridized carbons (Fsp3) is 0.755. The van der Waals surface area contributed by atoms with Crippen LogP contribution in [0.4, 0.5) is 34.5 Å². The lowest BCUT2D eigenvalue weighted by atomic mass is 9.93. The predicted octanol–water partition coefficient (Wildman–Crippen LogP) is 16.4. The highest BCUT2D eigenvalue weighted by molar-refractivity contribution is 6.50. The Kier molecular flexibility index (Phi) is 32.8. The molecule has 0 saturated carbocycles. The van der Waals surface area contributed by atoms with E-state index in [1.807, 2.05) is 0 Å². The van der Waals surface area contributed by atoms with Gasteiger partial charge in [-0.2, -0.15) is 0 Å². The van der Waals surface area contributed by atoms with Gasteiger partial charge in [0, 0.05) is 0 Å². The number of nitrogens with zero attached hydrogens (tertiary/aromatic N) is 4. The Morgan fingerprint density at radius 2 is 0.635 bits per heavy atom. The molecule has 0 aliphatic heterocycles. The number of hydrogen-bond acceptors (Lipinski definition) is 0. The molecule has 3 rings (SSSR count). The summed E-state index contributed by atoms with van der Waals surface area (Å²) in [5.41, 5.74) is 7.24. The first-order valence-electron chi connectivity index (χ1n) is 24.9. The summed E-state index contributed by atoms with van der Waals surface area (Å²) in [6.07, 6.45) is 53.4. The largest absolute Gasteiger partial charge is 0.673 e. The minimum Gasteiger partial charge on any atom is -0.418 e. The van der Waals surface area contributed by atoms with Gasteiger partial charge in [-0.3, -0.25) is 0 Å². The summed E-state index contributed by atoms with van der Waals surface area (Å²) in [6.45, 7) is 15.7. The summed E-state index contributed by atoms with van der Waals surface area (Å²) >= 11 is 0. The van der Waals surface area contributed by atoms with Crippen molar-refractivity contribution >= 4 is 14.5 Å². The van der Waals surface area contributed by atoms with E-state index in [0.29, 0.717) is 0 Å². The fourth-order valence-electron chi connectivity index (χ4n) is 8.43. The number of imidazole rings is 2. The maximum Gasteiger partial charge on any atom is 0.673 e. The van der Waals surface area contributed by atoms with Crippen LogP contribution in [0.5, 0.6) is 0 Å². The Morgan fingerprint density at radius 3 is 0.889 bits per heavy atom. The predicted molar refractivity (Wildman–Crippen MR) is 249 cm³/mol. The second kappa shape index (κ2) is 35.5. The van der Waals surface area contributed by atoms with Crippen LogP contribution >= 0.6 is 0 Å². The van der Waals surface area contributed by atoms with Crippen LogP contribution in [0.3, 0.4) is 0 Å². The Hall–Kier alpha value is -2.79. The Morgan fingerprint density at radius 1 is 0.397 bits per heavy atom. The summed E-state index contributed by atoms with van der Waals surface area (Å²) < 4.78 is 87.6. The summed E-state index contributed by atoms with van der Waals surface area (Å²) in [4.78, 5) is 0. The molecule has 3 aromatic rings. The molecular weight excluding hydrogens is 818 g/mol. The van der Waals surface area contributed by atoms with Crippen molar-refractivity contribution in [3.63, 3.8) is 0 Å². The molecule has 0 bridgehead atoms. The van der Waals surface area contributed by atoms with Crippen LogP contribution in [0, 0.1) is 20.8 Å². The van der Waals surface area contributed by atoms with E-state index in [-0.39, 0.29) is 0 Å². The highest BCUT2D eigenvalue weighted by Crippen LogP contribution is 2.23. The molecule has 364 valence electrons. The number of benzene rings is 1. The van der Waals surface area contributed by atoms with Crippen LogP contribution in [0.1, 0.15) is 221 Å². The molecule has 0 N–H and O–H groups in total. The van der Waals surface area contributed by atoms with Gasteiger partial charge in [0.2, 0.25) is 12.7 Å². The van der Waals surface area contributed by atoms with Crippen LogP contribution < -0.4 is 9.13 Å². The minimum atomic E-state index is -6.00. The van der Waals surface area contributed by atoms with Crippen LogP contribution in [0.2, 0.25) is 0 Å². The molecule has 2 heterocycles. The quantitative estimate of drug-likeness (QED) is 0.0246. The topological polar surface area (TPSA) is 17.6 Å². The van der Waals surface area contributed by atoms with Gasteiger partial charge < -0.3 is 34.5 Å². The van der Waals surface area contributed by atoms with E-state index in [2.05, 4.69) is 96.4 Å². The van der Waals surface area contributed by atoms with E-state index in [1.54, 1.807) is 0 Å². The monoisotopic (exact) mass is 905 g/mol. The fourth-order valence-corrected chi connectivity index (χ4v) is 8.43. The maximum atomic E-state index is 9.75. The zero-order chi connectivity index (χ0) is 46.8. The maximum absolute atomic E-state index is 9.75. The molecule has 0 aliphatic carbocycles. The molecule has 0 amide bonds. The van der Waals surface area contributed by atoms with Crippen molar-refractivity contribution in [1.82, 2.24) is 9.13 Å². The third-order valence-electron chi connectivity index (χ3n) is 12.0. The van der Waals surface area contributed by atoms with Gasteiger partial charge in [-0.15, -0.1) is 0 Å². The number of unbranched alkanes of at least 4 members (excludes halogenated alkanes) is 26. The number of aromatic nitrogens is 4. The molecule has 0 saturated heterocycles. The first-order valence-corrected chi connectivity index (χ1v) is 24.9. The van der Waals surface area contributed by atoms with Crippen LogP contribution in [0.15, 0.2) is 43.5 Å². The normalized spacial score (nSPS) is 11.7. The van der Waals surface area contributed by atoms with E-state index < -0.39 is 14.5 Å². The van der Waals surface area contributed by atoms with Crippen LogP contribution in [-0.4, -0.2) is 23.6 Å². The van der Waals surface area contributed by atoms with Crippen LogP contribution in [0.25, 0.3) is 0 Å². The number of rotatable bonds is 34. The van der Waals surface area contributed by atoms with E-state index in [1.165, 1.54) is 208 Å². The van der Waals surface area contributed by atoms with E-state index in [4.69, 9.17) is 0 Å². The molecule has 14 heteroatoms. The highest BCUT2D eigenvalue weighted by Gasteiger charge is 2.21. The van der Waals surface area contributed by atoms with Crippen molar-refractivity contribution in [3.05, 3.63) is 71.3 Å². The number of halogens is 8. The zero-order valence-corrected chi connectivity index (χ0v) is 40.1. The number of hydrogen-bond donors (Lipinski definition) is 0. The molecule has 0 atom stereocenters. The summed E-state index contributed by atoms with van der Waals surface area (Å²) in [7, 11) is -12.0. The van der Waals surface area contributed by atoms with Gasteiger partial charge in [0.25, 0.3) is 0 Å². The van der Waals surface area contributed by atoms with Crippen molar-refractivity contribution in [2.45, 2.75) is 241 Å². The minimum absolute atomic E-state index is 0.946. The number of aryl methyl sites for hydroxylation is 4. The lowest BCUT2D eigenvalue weighted by Crippen LogP contribution is -2.35. The van der Waals surface area contributed by atoms with Gasteiger partial charge >= 0.3 is 14.5 Å². The van der Waals surface area contributed by atoms with Crippen molar-refractivity contribution in [2.75, 3.05) is 0 Å². The Balaban J connectivity index is 0.00000178. The van der Waals surface area contributed by atoms with Crippen molar-refractivity contribution in [2.24, 2.45) is 0 Å². The van der Waals surface area contributed by atoms with E-state index >= 15 is 0 Å². The Labute approximate surface area is 378 Å². The van der Waals surface area contributed by atoms with Gasteiger partial charge in [0.1, 0.15) is 37.9 Å². The standard InChI is InChI=1S/C49H86N4.2BF4/c1-6-8-10-12-14-16-18-20-22-24-26-28-30-32-34-50-36-38-52(43-50)41-48-45(3)40-46(4)49(47(48)5)42-53-39-37-51(44-53)35-33-31-29-27-25-23-21-19-17-15-13-11-9-7-2;2*2-1(3,4)5/h36-40,43-44H,6-35,41-42H2,1-5H3;;/q+2;2*-1. The van der Waals surface area contributed by atoms with Gasteiger partial charge in [-0.25, -0.2) is 18.3 Å². The van der Waals surface area contributed by atoms with Gasteiger partial charge in [0.15, 0.2) is 0 Å². The average Bonchev–Trinajstić information content (AvgIpc) is 3.86. The van der Waals surface area contributed by atoms with Crippen molar-refractivity contribution in [3.8, 4) is 0 Å². The summed E-state index contributed by atoms with van der Waals surface area (Å²) in [5.74, 6) is 0. The third kappa shape index (κ3) is 34.3. The second-order valence-electron chi connectivity index (χ2n) is 17.9. The molecule has 63 heavy (non-hydrogen) atoms. The highest BCUT2D eigenvalue weighted by atomic mass is 19.5. The smallest absolute Gasteiger partial charge is 0.418 e. The summed E-state index contributed by atoms with van der Waals surface area (Å²) in [5, 5.41) is 0. The lowest BCUT2D eigenvalue weighted by Gasteiger charge is -2.15. The molecule has 0 aliphatic rings. The first kappa shape index (κ1) is 58.2. The van der Waals surface area contributed by atoms with Crippen molar-refractivity contribution in [1.29, 1.82) is 0 Å². The summed E-state index contributed by atoms with van der Waals surface area (Å²) in [6, 6.07) is 2.41. The second-order valence-corrected chi connectivity index (χ2v) is 17.9. The Bertz CT molecular complexity index is 1420. The zero-order valence-electron chi connectivity index (χ0n) is 40.1. The van der Waals surface area contributed by atoms with E-state index in [0.717, 1.165) is 26.2 Å². The SMILES string of the molecule is CCCCCCCCCCCCCCCCn1cc[n+](Cc2c(C)cc(C)c(C[n+]3ccn(CCCCCCCCCCCCCCCC)c3)c2C)c1.F[B-](F)(F)F.F[B-](F)(F)F. The molecule has 1 aromatic carbocycles. The lowest BCUT2D eigenvalue weighted by molar-refractivity contribution is -0.689. The molecule has 0 spiro atoms.